The maximum atomic E-state index is 11.6. The van der Waals surface area contributed by atoms with E-state index in [4.69, 9.17) is 0 Å². The Bertz CT molecular complexity index is 488. The quantitative estimate of drug-likeness (QED) is 0.861. The molecule has 2 aliphatic rings. The van der Waals surface area contributed by atoms with E-state index < -0.39 is 5.97 Å². The number of thiophene rings is 1. The first kappa shape index (κ1) is 14.4. The number of rotatable bonds is 4. The molecule has 1 aromatic rings. The van der Waals surface area contributed by atoms with E-state index >= 15 is 0 Å². The van der Waals surface area contributed by atoms with Crippen LogP contribution in [0.4, 0.5) is 0 Å². The fraction of sp³-hybridized carbons (Fsp3) is 0.667. The van der Waals surface area contributed by atoms with Crippen LogP contribution in [0.25, 0.3) is 0 Å². The van der Waals surface area contributed by atoms with Crippen molar-refractivity contribution in [3.63, 3.8) is 0 Å². The lowest BCUT2D eigenvalue weighted by Gasteiger charge is -2.32. The van der Waals surface area contributed by atoms with Crippen molar-refractivity contribution in [3.8, 4) is 0 Å². The lowest BCUT2D eigenvalue weighted by molar-refractivity contribution is -0.142. The van der Waals surface area contributed by atoms with Gasteiger partial charge in [0, 0.05) is 17.5 Å². The van der Waals surface area contributed by atoms with Crippen LogP contribution in [0.1, 0.15) is 37.0 Å². The number of thioether (sulfide) groups is 1. The standard InChI is InChI=1S/C15H21NO2S2/c1-19-14-7-6-11(20-14)9-16-12-5-3-2-4-10(12)8-13(16)15(17)18/h6-7,10,12-13H,2-5,8-9H2,1H3,(H,17,18). The zero-order valence-electron chi connectivity index (χ0n) is 11.7. The summed E-state index contributed by atoms with van der Waals surface area (Å²) in [4.78, 5) is 15.1. The van der Waals surface area contributed by atoms with Gasteiger partial charge in [0.25, 0.3) is 0 Å². The Labute approximate surface area is 128 Å². The van der Waals surface area contributed by atoms with Crippen molar-refractivity contribution in [1.29, 1.82) is 0 Å². The zero-order valence-corrected chi connectivity index (χ0v) is 13.4. The summed E-state index contributed by atoms with van der Waals surface area (Å²) in [7, 11) is 0. The average molecular weight is 311 g/mol. The first-order valence-corrected chi connectivity index (χ1v) is 9.34. The normalized spacial score (nSPS) is 30.4. The molecule has 1 aromatic heterocycles. The van der Waals surface area contributed by atoms with Crippen LogP contribution in [0.3, 0.4) is 0 Å². The maximum Gasteiger partial charge on any atom is 0.320 e. The van der Waals surface area contributed by atoms with Crippen LogP contribution in [0, 0.1) is 5.92 Å². The molecule has 3 atom stereocenters. The molecule has 3 unspecified atom stereocenters. The number of likely N-dealkylation sites (tertiary alicyclic amines) is 1. The Morgan fingerprint density at radius 1 is 1.45 bits per heavy atom. The van der Waals surface area contributed by atoms with Gasteiger partial charge in [-0.25, -0.2) is 0 Å². The van der Waals surface area contributed by atoms with Gasteiger partial charge in [-0.3, -0.25) is 9.69 Å². The second-order valence-corrected chi connectivity index (χ2v) is 8.07. The number of fused-ring (bicyclic) bond motifs is 1. The molecule has 1 N–H and O–H groups in total. The third kappa shape index (κ3) is 2.76. The van der Waals surface area contributed by atoms with E-state index in [1.807, 2.05) is 0 Å². The first-order chi connectivity index (χ1) is 9.69. The summed E-state index contributed by atoms with van der Waals surface area (Å²) in [6.45, 7) is 0.809. The summed E-state index contributed by atoms with van der Waals surface area (Å²) >= 11 is 3.56. The summed E-state index contributed by atoms with van der Waals surface area (Å²) in [5.74, 6) is -0.0362. The van der Waals surface area contributed by atoms with Crippen LogP contribution in [0.2, 0.25) is 0 Å². The summed E-state index contributed by atoms with van der Waals surface area (Å²) in [6.07, 6.45) is 7.85. The summed E-state index contributed by atoms with van der Waals surface area (Å²) in [5, 5.41) is 9.52. The van der Waals surface area contributed by atoms with Crippen LogP contribution in [0.5, 0.6) is 0 Å². The molecule has 2 heterocycles. The van der Waals surface area contributed by atoms with Crippen LogP contribution in [-0.2, 0) is 11.3 Å². The highest BCUT2D eigenvalue weighted by atomic mass is 32.2. The van der Waals surface area contributed by atoms with Crippen LogP contribution < -0.4 is 0 Å². The first-order valence-electron chi connectivity index (χ1n) is 7.30. The molecule has 3 nitrogen and oxygen atoms in total. The number of aliphatic carboxylic acids is 1. The van der Waals surface area contributed by atoms with E-state index in [9.17, 15) is 9.90 Å². The number of carbonyl (C=O) groups is 1. The molecule has 1 saturated heterocycles. The van der Waals surface area contributed by atoms with Crippen molar-refractivity contribution in [1.82, 2.24) is 4.90 Å². The second-order valence-electron chi connectivity index (χ2n) is 5.80. The molecule has 1 aliphatic heterocycles. The van der Waals surface area contributed by atoms with Crippen molar-refractivity contribution in [2.45, 2.75) is 54.9 Å². The molecular formula is C15H21NO2S2. The van der Waals surface area contributed by atoms with E-state index in [1.165, 1.54) is 34.8 Å². The van der Waals surface area contributed by atoms with Gasteiger partial charge in [0.1, 0.15) is 6.04 Å². The van der Waals surface area contributed by atoms with Gasteiger partial charge in [0.15, 0.2) is 0 Å². The van der Waals surface area contributed by atoms with Gasteiger partial charge in [0.05, 0.1) is 4.21 Å². The largest absolute Gasteiger partial charge is 0.480 e. The molecule has 3 rings (SSSR count). The van der Waals surface area contributed by atoms with Crippen molar-refractivity contribution < 1.29 is 9.90 Å². The number of carboxylic acid groups (broad SMARTS) is 1. The molecule has 110 valence electrons. The number of hydrogen-bond acceptors (Lipinski definition) is 4. The monoisotopic (exact) mass is 311 g/mol. The van der Waals surface area contributed by atoms with E-state index in [2.05, 4.69) is 23.3 Å². The number of hydrogen-bond donors (Lipinski definition) is 1. The topological polar surface area (TPSA) is 40.5 Å². The molecule has 2 fully saturated rings. The fourth-order valence-corrected chi connectivity index (χ4v) is 5.36. The minimum Gasteiger partial charge on any atom is -0.480 e. The highest BCUT2D eigenvalue weighted by molar-refractivity contribution is 8.00. The van der Waals surface area contributed by atoms with Gasteiger partial charge in [-0.15, -0.1) is 23.1 Å². The fourth-order valence-electron chi connectivity index (χ4n) is 3.76. The van der Waals surface area contributed by atoms with Gasteiger partial charge in [0.2, 0.25) is 0 Å². The van der Waals surface area contributed by atoms with Gasteiger partial charge >= 0.3 is 5.97 Å². The molecule has 0 amide bonds. The zero-order chi connectivity index (χ0) is 14.1. The highest BCUT2D eigenvalue weighted by Crippen LogP contribution is 2.41. The summed E-state index contributed by atoms with van der Waals surface area (Å²) in [5.41, 5.74) is 0. The van der Waals surface area contributed by atoms with Gasteiger partial charge in [-0.05, 0) is 43.6 Å². The van der Waals surface area contributed by atoms with Gasteiger partial charge in [-0.1, -0.05) is 12.8 Å². The number of nitrogens with zero attached hydrogens (tertiary/aromatic N) is 1. The van der Waals surface area contributed by atoms with Gasteiger partial charge in [-0.2, -0.15) is 0 Å². The Kier molecular flexibility index (Phi) is 4.38. The minimum atomic E-state index is -0.638. The smallest absolute Gasteiger partial charge is 0.320 e. The van der Waals surface area contributed by atoms with E-state index in [1.54, 1.807) is 23.1 Å². The average Bonchev–Trinajstić information content (AvgIpc) is 3.04. The van der Waals surface area contributed by atoms with Crippen molar-refractivity contribution in [3.05, 3.63) is 17.0 Å². The predicted octanol–water partition coefficient (Wildman–Crippen LogP) is 3.69. The van der Waals surface area contributed by atoms with E-state index in [-0.39, 0.29) is 6.04 Å². The second kappa shape index (κ2) is 6.08. The number of carboxylic acids is 1. The minimum absolute atomic E-state index is 0.275. The molecule has 1 saturated carbocycles. The molecule has 0 bridgehead atoms. The Balaban J connectivity index is 1.78. The van der Waals surface area contributed by atoms with Crippen LogP contribution >= 0.6 is 23.1 Å². The van der Waals surface area contributed by atoms with Crippen molar-refractivity contribution in [2.75, 3.05) is 6.26 Å². The Morgan fingerprint density at radius 2 is 2.25 bits per heavy atom. The molecule has 1 aliphatic carbocycles. The van der Waals surface area contributed by atoms with E-state index in [0.717, 1.165) is 13.0 Å². The summed E-state index contributed by atoms with van der Waals surface area (Å²) < 4.78 is 1.31. The van der Waals surface area contributed by atoms with Gasteiger partial charge < -0.3 is 5.11 Å². The SMILES string of the molecule is CSc1ccc(CN2C(C(=O)O)CC3CCCCC32)s1. The van der Waals surface area contributed by atoms with Crippen molar-refractivity contribution in [2.24, 2.45) is 5.92 Å². The van der Waals surface area contributed by atoms with Crippen LogP contribution in [-0.4, -0.2) is 34.3 Å². The maximum absolute atomic E-state index is 11.6. The summed E-state index contributed by atoms with van der Waals surface area (Å²) in [6, 6.07) is 4.52. The molecule has 5 heteroatoms. The van der Waals surface area contributed by atoms with Crippen molar-refractivity contribution >= 4 is 29.1 Å². The van der Waals surface area contributed by atoms with Crippen LogP contribution in [0.15, 0.2) is 16.3 Å². The van der Waals surface area contributed by atoms with E-state index in [0.29, 0.717) is 12.0 Å². The molecule has 20 heavy (non-hydrogen) atoms. The predicted molar refractivity (Wildman–Crippen MR) is 83.4 cm³/mol. The Hall–Kier alpha value is -0.520. The molecule has 0 spiro atoms. The highest BCUT2D eigenvalue weighted by Gasteiger charge is 2.45. The third-order valence-corrected chi connectivity index (χ3v) is 6.84. The molecule has 0 aromatic carbocycles. The molecular weight excluding hydrogens is 290 g/mol. The lowest BCUT2D eigenvalue weighted by Crippen LogP contribution is -2.41. The Morgan fingerprint density at radius 3 is 2.95 bits per heavy atom. The lowest BCUT2D eigenvalue weighted by atomic mass is 9.85. The third-order valence-electron chi connectivity index (χ3n) is 4.68. The molecule has 0 radical (unpaired) electrons.